The van der Waals surface area contributed by atoms with E-state index in [0.29, 0.717) is 31.6 Å². The monoisotopic (exact) mass is 277 g/mol. The van der Waals surface area contributed by atoms with Crippen molar-refractivity contribution in [1.82, 2.24) is 5.32 Å². The highest BCUT2D eigenvalue weighted by Crippen LogP contribution is 2.30. The summed E-state index contributed by atoms with van der Waals surface area (Å²) in [6.07, 6.45) is 0.911. The summed E-state index contributed by atoms with van der Waals surface area (Å²) in [4.78, 5) is 4.33. The molecule has 20 heavy (non-hydrogen) atoms. The van der Waals surface area contributed by atoms with Crippen LogP contribution < -0.4 is 20.5 Å². The highest BCUT2D eigenvalue weighted by Gasteiger charge is 2.10. The van der Waals surface area contributed by atoms with Gasteiger partial charge in [-0.3, -0.25) is 0 Å². The Morgan fingerprint density at radius 1 is 1.30 bits per heavy atom. The molecule has 0 fully saturated rings. The minimum atomic E-state index is 0.478. The van der Waals surface area contributed by atoms with Crippen molar-refractivity contribution < 1.29 is 9.47 Å². The Morgan fingerprint density at radius 3 is 2.80 bits per heavy atom. The molecule has 110 valence electrons. The molecule has 0 amide bonds. The van der Waals surface area contributed by atoms with Gasteiger partial charge in [0.25, 0.3) is 0 Å². The smallest absolute Gasteiger partial charge is 0.188 e. The highest BCUT2D eigenvalue weighted by molar-refractivity contribution is 5.77. The second kappa shape index (κ2) is 7.03. The molecule has 1 aliphatic rings. The quantitative estimate of drug-likeness (QED) is 0.651. The zero-order valence-corrected chi connectivity index (χ0v) is 12.2. The van der Waals surface area contributed by atoms with Crippen LogP contribution in [0.15, 0.2) is 23.2 Å². The molecule has 0 aromatic heterocycles. The number of nitrogens with one attached hydrogen (secondary N) is 1. The summed E-state index contributed by atoms with van der Waals surface area (Å²) in [5.41, 5.74) is 6.87. The van der Waals surface area contributed by atoms with Gasteiger partial charge in [0.2, 0.25) is 0 Å². The van der Waals surface area contributed by atoms with Crippen LogP contribution in [0.1, 0.15) is 25.8 Å². The van der Waals surface area contributed by atoms with Gasteiger partial charge in [0, 0.05) is 13.0 Å². The molecule has 5 heteroatoms. The molecule has 5 nitrogen and oxygen atoms in total. The summed E-state index contributed by atoms with van der Waals surface area (Å²) in [5.74, 6) is 2.62. The first-order valence-corrected chi connectivity index (χ1v) is 7.07. The van der Waals surface area contributed by atoms with Crippen LogP contribution >= 0.6 is 0 Å². The molecule has 0 spiro atoms. The van der Waals surface area contributed by atoms with Crippen LogP contribution in [-0.4, -0.2) is 25.7 Å². The van der Waals surface area contributed by atoms with Crippen molar-refractivity contribution in [1.29, 1.82) is 0 Å². The number of hydrogen-bond donors (Lipinski definition) is 2. The van der Waals surface area contributed by atoms with Crippen molar-refractivity contribution in [2.24, 2.45) is 16.6 Å². The molecule has 0 saturated carbocycles. The molecular formula is C15H23N3O2. The molecule has 0 aliphatic carbocycles. The van der Waals surface area contributed by atoms with Crippen molar-refractivity contribution in [2.75, 3.05) is 19.8 Å². The van der Waals surface area contributed by atoms with E-state index in [1.807, 2.05) is 18.2 Å². The molecule has 0 unspecified atom stereocenters. The van der Waals surface area contributed by atoms with E-state index in [2.05, 4.69) is 24.2 Å². The van der Waals surface area contributed by atoms with Gasteiger partial charge in [-0.25, -0.2) is 4.99 Å². The second-order valence-corrected chi connectivity index (χ2v) is 5.31. The third-order valence-corrected chi connectivity index (χ3v) is 2.94. The van der Waals surface area contributed by atoms with Gasteiger partial charge in [0.15, 0.2) is 17.5 Å². The average Bonchev–Trinajstić information content (AvgIpc) is 2.67. The highest BCUT2D eigenvalue weighted by atomic mass is 16.5. The summed E-state index contributed by atoms with van der Waals surface area (Å²) in [6, 6.07) is 5.90. The summed E-state index contributed by atoms with van der Waals surface area (Å²) < 4.78 is 11.3. The first-order valence-electron chi connectivity index (χ1n) is 7.07. The largest absolute Gasteiger partial charge is 0.490 e. The molecule has 0 atom stereocenters. The van der Waals surface area contributed by atoms with E-state index < -0.39 is 0 Å². The van der Waals surface area contributed by atoms with Crippen LogP contribution in [0.3, 0.4) is 0 Å². The van der Waals surface area contributed by atoms with E-state index in [1.54, 1.807) is 0 Å². The van der Waals surface area contributed by atoms with E-state index in [1.165, 1.54) is 0 Å². The van der Waals surface area contributed by atoms with Crippen LogP contribution in [0.2, 0.25) is 0 Å². The summed E-state index contributed by atoms with van der Waals surface area (Å²) in [6.45, 7) is 7.02. The molecule has 1 aliphatic heterocycles. The van der Waals surface area contributed by atoms with Crippen LogP contribution in [-0.2, 0) is 6.54 Å². The first-order chi connectivity index (χ1) is 9.65. The average molecular weight is 277 g/mol. The van der Waals surface area contributed by atoms with Gasteiger partial charge in [0.1, 0.15) is 0 Å². The maximum atomic E-state index is 5.82. The van der Waals surface area contributed by atoms with Crippen molar-refractivity contribution in [2.45, 2.75) is 26.8 Å². The molecule has 1 aromatic carbocycles. The molecule has 0 bridgehead atoms. The molecule has 0 saturated heterocycles. The van der Waals surface area contributed by atoms with Crippen LogP contribution in [0.4, 0.5) is 0 Å². The molecule has 1 heterocycles. The topological polar surface area (TPSA) is 68.9 Å². The molecule has 3 N–H and O–H groups in total. The summed E-state index contributed by atoms with van der Waals surface area (Å²) in [5, 5.41) is 3.10. The lowest BCUT2D eigenvalue weighted by molar-refractivity contribution is 0.297. The number of fused-ring (bicyclic) bond motifs is 1. The lowest BCUT2D eigenvalue weighted by Crippen LogP contribution is -2.34. The Bertz CT molecular complexity index is 472. The Balaban J connectivity index is 1.96. The number of ether oxygens (including phenoxy) is 2. The zero-order chi connectivity index (χ0) is 14.4. The Morgan fingerprint density at radius 2 is 2.05 bits per heavy atom. The maximum Gasteiger partial charge on any atom is 0.188 e. The van der Waals surface area contributed by atoms with Gasteiger partial charge < -0.3 is 20.5 Å². The van der Waals surface area contributed by atoms with Crippen LogP contribution in [0, 0.1) is 5.92 Å². The van der Waals surface area contributed by atoms with Gasteiger partial charge >= 0.3 is 0 Å². The zero-order valence-electron chi connectivity index (χ0n) is 12.2. The predicted octanol–water partition coefficient (Wildman–Crippen LogP) is 1.91. The Labute approximate surface area is 120 Å². The van der Waals surface area contributed by atoms with Gasteiger partial charge in [-0.2, -0.15) is 0 Å². The normalized spacial score (nSPS) is 15.1. The minimum Gasteiger partial charge on any atom is -0.490 e. The fourth-order valence-corrected chi connectivity index (χ4v) is 1.85. The van der Waals surface area contributed by atoms with Crippen molar-refractivity contribution in [3.8, 4) is 11.5 Å². The number of aliphatic imine (C=N–C) groups is 1. The summed E-state index contributed by atoms with van der Waals surface area (Å²) in [7, 11) is 0. The summed E-state index contributed by atoms with van der Waals surface area (Å²) >= 11 is 0. The van der Waals surface area contributed by atoms with Crippen LogP contribution in [0.25, 0.3) is 0 Å². The lowest BCUT2D eigenvalue weighted by Gasteiger charge is -2.09. The molecule has 1 aromatic rings. The number of rotatable bonds is 4. The fourth-order valence-electron chi connectivity index (χ4n) is 1.85. The van der Waals surface area contributed by atoms with Gasteiger partial charge in [-0.1, -0.05) is 19.9 Å². The SMILES string of the molecule is CC(C)CNC(N)=NCc1ccc2c(c1)OCCCO2. The number of nitrogens with zero attached hydrogens (tertiary/aromatic N) is 1. The van der Waals surface area contributed by atoms with Crippen LogP contribution in [0.5, 0.6) is 11.5 Å². The van der Waals surface area contributed by atoms with E-state index in [4.69, 9.17) is 15.2 Å². The van der Waals surface area contributed by atoms with E-state index in [9.17, 15) is 0 Å². The Kier molecular flexibility index (Phi) is 5.09. The van der Waals surface area contributed by atoms with Gasteiger partial charge in [-0.05, 0) is 23.6 Å². The molecular weight excluding hydrogens is 254 g/mol. The number of benzene rings is 1. The van der Waals surface area contributed by atoms with Crippen molar-refractivity contribution >= 4 is 5.96 Å². The van der Waals surface area contributed by atoms with E-state index in [0.717, 1.165) is 30.0 Å². The van der Waals surface area contributed by atoms with Gasteiger partial charge in [-0.15, -0.1) is 0 Å². The van der Waals surface area contributed by atoms with Gasteiger partial charge in [0.05, 0.1) is 19.8 Å². The second-order valence-electron chi connectivity index (χ2n) is 5.31. The lowest BCUT2D eigenvalue weighted by atomic mass is 10.2. The van der Waals surface area contributed by atoms with E-state index >= 15 is 0 Å². The number of guanidine groups is 1. The van der Waals surface area contributed by atoms with Crippen molar-refractivity contribution in [3.63, 3.8) is 0 Å². The van der Waals surface area contributed by atoms with E-state index in [-0.39, 0.29) is 0 Å². The third-order valence-electron chi connectivity index (χ3n) is 2.94. The maximum absolute atomic E-state index is 5.82. The minimum absolute atomic E-state index is 0.478. The number of hydrogen-bond acceptors (Lipinski definition) is 3. The fraction of sp³-hybridized carbons (Fsp3) is 0.533. The first kappa shape index (κ1) is 14.5. The number of nitrogens with two attached hydrogens (primary N) is 1. The van der Waals surface area contributed by atoms with Crippen molar-refractivity contribution in [3.05, 3.63) is 23.8 Å². The third kappa shape index (κ3) is 4.33. The Hall–Kier alpha value is -1.91. The molecule has 2 rings (SSSR count). The molecule has 0 radical (unpaired) electrons. The predicted molar refractivity (Wildman–Crippen MR) is 80.2 cm³/mol. The standard InChI is InChI=1S/C15H23N3O2/c1-11(2)9-17-15(16)18-10-12-4-5-13-14(8-12)20-7-3-6-19-13/h4-5,8,11H,3,6-7,9-10H2,1-2H3,(H3,16,17,18).